The predicted molar refractivity (Wildman–Crippen MR) is 115 cm³/mol. The monoisotopic (exact) mass is 431 g/mol. The van der Waals surface area contributed by atoms with Gasteiger partial charge >= 0.3 is 0 Å². The molecule has 1 amide bonds. The summed E-state index contributed by atoms with van der Waals surface area (Å²) < 4.78 is 39.8. The molecule has 0 bridgehead atoms. The smallest absolute Gasteiger partial charge is 0.235 e. The van der Waals surface area contributed by atoms with Crippen molar-refractivity contribution in [3.05, 3.63) is 66.2 Å². The van der Waals surface area contributed by atoms with Crippen LogP contribution >= 0.6 is 0 Å². The largest absolute Gasteiger partial charge is 0.347 e. The molecule has 0 aliphatic carbocycles. The second-order valence-electron chi connectivity index (χ2n) is 7.36. The summed E-state index contributed by atoms with van der Waals surface area (Å²) >= 11 is 0. The molecule has 3 rings (SSSR count). The minimum Gasteiger partial charge on any atom is -0.347 e. The number of rotatable bonds is 10. The van der Waals surface area contributed by atoms with Gasteiger partial charge in [0, 0.05) is 6.54 Å². The van der Waals surface area contributed by atoms with Crippen molar-refractivity contribution in [2.24, 2.45) is 0 Å². The summed E-state index contributed by atoms with van der Waals surface area (Å²) in [5.41, 5.74) is 2.40. The molecule has 1 aromatic heterocycles. The fourth-order valence-corrected chi connectivity index (χ4v) is 4.63. The van der Waals surface area contributed by atoms with Crippen LogP contribution in [0.15, 0.2) is 54.9 Å². The summed E-state index contributed by atoms with van der Waals surface area (Å²) in [5.74, 6) is -1.50. The maximum absolute atomic E-state index is 13.4. The van der Waals surface area contributed by atoms with Gasteiger partial charge in [0.25, 0.3) is 0 Å². The highest BCUT2D eigenvalue weighted by Crippen LogP contribution is 2.20. The number of nitrogens with zero attached hydrogens (tertiary/aromatic N) is 2. The zero-order chi connectivity index (χ0) is 21.6. The lowest BCUT2D eigenvalue weighted by molar-refractivity contribution is -0.119. The van der Waals surface area contributed by atoms with Crippen LogP contribution in [0.4, 0.5) is 4.39 Å². The third kappa shape index (κ3) is 5.89. The van der Waals surface area contributed by atoms with Crippen LogP contribution in [0.25, 0.3) is 11.0 Å². The topological polar surface area (TPSA) is 81.1 Å². The first kappa shape index (κ1) is 22.0. The lowest BCUT2D eigenvalue weighted by Gasteiger charge is -2.20. The number of para-hydroxylation sites is 2. The van der Waals surface area contributed by atoms with Gasteiger partial charge in [-0.15, -0.1) is 0 Å². The van der Waals surface area contributed by atoms with Gasteiger partial charge in [-0.05, 0) is 36.2 Å². The Bertz CT molecular complexity index is 1090. The highest BCUT2D eigenvalue weighted by atomic mass is 32.2. The molecule has 30 heavy (non-hydrogen) atoms. The fraction of sp³-hybridized carbons (Fsp3) is 0.364. The Morgan fingerprint density at radius 1 is 1.13 bits per heavy atom. The van der Waals surface area contributed by atoms with E-state index in [4.69, 9.17) is 0 Å². The van der Waals surface area contributed by atoms with Crippen LogP contribution in [-0.4, -0.2) is 35.4 Å². The molecule has 8 heteroatoms. The Labute approximate surface area is 176 Å². The quantitative estimate of drug-likeness (QED) is 0.497. The number of hydrogen-bond acceptors (Lipinski definition) is 4. The minimum absolute atomic E-state index is 0.00162. The molecular formula is C22H26FN3O3S. The highest BCUT2D eigenvalue weighted by Gasteiger charge is 2.21. The zero-order valence-corrected chi connectivity index (χ0v) is 17.7. The van der Waals surface area contributed by atoms with Crippen molar-refractivity contribution in [2.45, 2.75) is 38.8 Å². The van der Waals surface area contributed by atoms with Crippen molar-refractivity contribution in [3.8, 4) is 0 Å². The van der Waals surface area contributed by atoms with E-state index in [9.17, 15) is 17.6 Å². The van der Waals surface area contributed by atoms with Crippen molar-refractivity contribution in [3.63, 3.8) is 0 Å². The molecule has 1 atom stereocenters. The molecular weight excluding hydrogens is 405 g/mol. The summed E-state index contributed by atoms with van der Waals surface area (Å²) in [5, 5.41) is 2.81. The van der Waals surface area contributed by atoms with E-state index >= 15 is 0 Å². The van der Waals surface area contributed by atoms with Crippen LogP contribution in [0, 0.1) is 5.82 Å². The van der Waals surface area contributed by atoms with Crippen LogP contribution in [0.3, 0.4) is 0 Å². The van der Waals surface area contributed by atoms with Crippen molar-refractivity contribution in [1.82, 2.24) is 14.9 Å². The first-order valence-electron chi connectivity index (χ1n) is 10.0. The second-order valence-corrected chi connectivity index (χ2v) is 9.54. The van der Waals surface area contributed by atoms with Gasteiger partial charge in [-0.1, -0.05) is 44.0 Å². The number of hydrogen-bond donors (Lipinski definition) is 1. The molecule has 0 aliphatic rings. The average molecular weight is 432 g/mol. The number of carbonyl (C=O) groups excluding carboxylic acids is 1. The van der Waals surface area contributed by atoms with Crippen LogP contribution in [-0.2, 0) is 21.2 Å². The first-order valence-corrected chi connectivity index (χ1v) is 11.8. The van der Waals surface area contributed by atoms with Gasteiger partial charge in [0.05, 0.1) is 29.2 Å². The number of aromatic nitrogens is 2. The van der Waals surface area contributed by atoms with Crippen LogP contribution in [0.5, 0.6) is 0 Å². The minimum atomic E-state index is -3.48. The molecule has 3 aromatic rings. The van der Waals surface area contributed by atoms with E-state index in [0.717, 1.165) is 23.9 Å². The Morgan fingerprint density at radius 2 is 1.87 bits per heavy atom. The van der Waals surface area contributed by atoms with Crippen LogP contribution < -0.4 is 5.32 Å². The number of amides is 1. The number of unbranched alkanes of at least 4 members (excludes halogenated alkanes) is 2. The predicted octanol–water partition coefficient (Wildman–Crippen LogP) is 3.64. The molecule has 2 aromatic carbocycles. The summed E-state index contributed by atoms with van der Waals surface area (Å²) in [7, 11) is -3.48. The molecule has 1 unspecified atom stereocenters. The lowest BCUT2D eigenvalue weighted by Crippen LogP contribution is -2.36. The third-order valence-electron chi connectivity index (χ3n) is 4.92. The van der Waals surface area contributed by atoms with Crippen molar-refractivity contribution in [1.29, 1.82) is 0 Å². The van der Waals surface area contributed by atoms with E-state index in [1.165, 1.54) is 12.1 Å². The van der Waals surface area contributed by atoms with E-state index in [1.54, 1.807) is 18.5 Å². The number of fused-ring (bicyclic) bond motifs is 1. The molecule has 6 nitrogen and oxygen atoms in total. The van der Waals surface area contributed by atoms with Crippen molar-refractivity contribution in [2.75, 3.05) is 11.5 Å². The number of carbonyl (C=O) groups is 1. The first-order chi connectivity index (χ1) is 14.4. The number of imidazole rings is 1. The van der Waals surface area contributed by atoms with Gasteiger partial charge in [-0.2, -0.15) is 0 Å². The van der Waals surface area contributed by atoms with Gasteiger partial charge in [0.2, 0.25) is 5.91 Å². The molecule has 0 fully saturated rings. The van der Waals surface area contributed by atoms with Crippen LogP contribution in [0.1, 0.15) is 37.8 Å². The zero-order valence-electron chi connectivity index (χ0n) is 16.9. The second kappa shape index (κ2) is 9.84. The summed E-state index contributed by atoms with van der Waals surface area (Å²) in [6.45, 7) is 2.33. The SMILES string of the molecule is CCCCCS(=O)(=O)CC(=O)NC(Cn1cnc2ccccc21)c1ccc(F)cc1. The maximum atomic E-state index is 13.4. The Morgan fingerprint density at radius 3 is 2.60 bits per heavy atom. The Kier molecular flexibility index (Phi) is 7.20. The molecule has 1 N–H and O–H groups in total. The van der Waals surface area contributed by atoms with Gasteiger partial charge in [0.15, 0.2) is 9.84 Å². The normalized spacial score (nSPS) is 12.7. The number of halogens is 1. The van der Waals surface area contributed by atoms with E-state index in [0.29, 0.717) is 18.5 Å². The molecule has 0 radical (unpaired) electrons. The third-order valence-corrected chi connectivity index (χ3v) is 6.54. The molecule has 0 spiro atoms. The van der Waals surface area contributed by atoms with Gasteiger partial charge in [0.1, 0.15) is 11.6 Å². The molecule has 0 aliphatic heterocycles. The number of nitrogens with one attached hydrogen (secondary N) is 1. The molecule has 0 saturated heterocycles. The molecule has 1 heterocycles. The molecule has 0 saturated carbocycles. The number of benzene rings is 2. The Balaban J connectivity index is 1.78. The van der Waals surface area contributed by atoms with Gasteiger partial charge < -0.3 is 9.88 Å². The van der Waals surface area contributed by atoms with E-state index in [-0.39, 0.29) is 11.6 Å². The lowest BCUT2D eigenvalue weighted by atomic mass is 10.1. The van der Waals surface area contributed by atoms with Gasteiger partial charge in [-0.3, -0.25) is 4.79 Å². The highest BCUT2D eigenvalue weighted by molar-refractivity contribution is 7.92. The standard InChI is InChI=1S/C22H26FN3O3S/c1-2-3-6-13-30(28,29)15-22(27)25-20(17-9-11-18(23)12-10-17)14-26-16-24-19-7-4-5-8-21(19)26/h4-5,7-12,16,20H,2-3,6,13-15H2,1H3,(H,25,27). The maximum Gasteiger partial charge on any atom is 0.235 e. The fourth-order valence-electron chi connectivity index (χ4n) is 3.36. The molecule has 160 valence electrons. The van der Waals surface area contributed by atoms with Crippen molar-refractivity contribution < 1.29 is 17.6 Å². The summed E-state index contributed by atoms with van der Waals surface area (Å²) in [6, 6.07) is 12.9. The van der Waals surface area contributed by atoms with Crippen molar-refractivity contribution >= 4 is 26.8 Å². The van der Waals surface area contributed by atoms with E-state index < -0.39 is 27.5 Å². The van der Waals surface area contributed by atoms with E-state index in [1.807, 2.05) is 35.8 Å². The Hall–Kier alpha value is -2.74. The number of sulfone groups is 1. The summed E-state index contributed by atoms with van der Waals surface area (Å²) in [6.07, 6.45) is 3.95. The summed E-state index contributed by atoms with van der Waals surface area (Å²) in [4.78, 5) is 16.9. The van der Waals surface area contributed by atoms with Gasteiger partial charge in [-0.25, -0.2) is 17.8 Å². The van der Waals surface area contributed by atoms with E-state index in [2.05, 4.69) is 10.3 Å². The average Bonchev–Trinajstić information content (AvgIpc) is 3.11. The van der Waals surface area contributed by atoms with Crippen LogP contribution in [0.2, 0.25) is 0 Å².